The Morgan fingerprint density at radius 1 is 0.971 bits per heavy atom. The highest BCUT2D eigenvalue weighted by atomic mass is 28.3. The molecule has 3 heteroatoms. The van der Waals surface area contributed by atoms with Crippen molar-refractivity contribution < 1.29 is 4.74 Å². The minimum Gasteiger partial charge on any atom is -0.497 e. The van der Waals surface area contributed by atoms with Gasteiger partial charge in [-0.05, 0) is 91.8 Å². The Morgan fingerprint density at radius 3 is 2.32 bits per heavy atom. The second kappa shape index (κ2) is 8.37. The van der Waals surface area contributed by atoms with E-state index in [-0.39, 0.29) is 11.0 Å². The van der Waals surface area contributed by atoms with Crippen molar-refractivity contribution in [2.75, 3.05) is 7.11 Å². The van der Waals surface area contributed by atoms with E-state index in [0.717, 1.165) is 17.3 Å². The molecule has 0 aromatic heterocycles. The quantitative estimate of drug-likeness (QED) is 0.404. The molecule has 0 N–H and O–H groups in total. The highest BCUT2D eigenvalue weighted by Gasteiger charge is 2.53. The molecule has 4 aliphatic carbocycles. The van der Waals surface area contributed by atoms with Crippen LogP contribution in [0.4, 0.5) is 0 Å². The van der Waals surface area contributed by atoms with Gasteiger partial charge in [0, 0.05) is 17.0 Å². The normalized spacial score (nSPS) is 28.8. The highest BCUT2D eigenvalue weighted by molar-refractivity contribution is 6.76. The summed E-state index contributed by atoms with van der Waals surface area (Å²) in [7, 11) is 0.106. The van der Waals surface area contributed by atoms with Crippen molar-refractivity contribution in [3.05, 3.63) is 47.1 Å². The molecule has 1 aromatic rings. The molecule has 3 unspecified atom stereocenters. The molecule has 0 saturated heterocycles. The number of hydrogen-bond donors (Lipinski definition) is 0. The van der Waals surface area contributed by atoms with Gasteiger partial charge in [-0.3, -0.25) is 0 Å². The molecule has 0 amide bonds. The van der Waals surface area contributed by atoms with Crippen LogP contribution in [-0.2, 0) is 5.41 Å². The monoisotopic (exact) mass is 477 g/mol. The van der Waals surface area contributed by atoms with Gasteiger partial charge in [-0.2, -0.15) is 0 Å². The van der Waals surface area contributed by atoms with Crippen LogP contribution in [0, 0.1) is 11.8 Å². The zero-order valence-electron chi connectivity index (χ0n) is 23.0. The molecule has 0 radical (unpaired) electrons. The van der Waals surface area contributed by atoms with Gasteiger partial charge < -0.3 is 9.30 Å². The Kier molecular flexibility index (Phi) is 6.00. The maximum absolute atomic E-state index is 5.60. The SMILES string of the molecule is COc1ccc2c(c1)C(C)(C)C1=CC3C(C=C12)CCC3[Si](C)(C)N(C1CCCCC1)C(C)(C)C. The number of allylic oxidation sites excluding steroid dienone is 4. The standard InChI is InChI=1S/C31H47NOSi/c1-30(2,3)32(22-12-10-9-11-13-22)34(7,8)29-17-14-21-18-26-24-16-15-23(33-6)19-27(24)31(4,5)28(26)20-25(21)29/h15-16,18-22,25,29H,9-14,17H2,1-8H3. The molecular formula is C31H47NOSi. The molecular weight excluding hydrogens is 430 g/mol. The van der Waals surface area contributed by atoms with Crippen molar-refractivity contribution in [2.24, 2.45) is 11.8 Å². The summed E-state index contributed by atoms with van der Waals surface area (Å²) < 4.78 is 8.70. The minimum absolute atomic E-state index is 0.0482. The molecule has 0 aliphatic heterocycles. The Morgan fingerprint density at radius 2 is 1.68 bits per heavy atom. The molecule has 1 aromatic carbocycles. The topological polar surface area (TPSA) is 12.5 Å². The first-order valence-electron chi connectivity index (χ1n) is 13.9. The largest absolute Gasteiger partial charge is 0.497 e. The van der Waals surface area contributed by atoms with Crippen molar-refractivity contribution in [1.29, 1.82) is 0 Å². The fourth-order valence-electron chi connectivity index (χ4n) is 8.63. The zero-order chi connectivity index (χ0) is 24.5. The fourth-order valence-corrected chi connectivity index (χ4v) is 14.1. The summed E-state index contributed by atoms with van der Waals surface area (Å²) in [5.41, 5.74) is 7.10. The number of fused-ring (bicyclic) bond motifs is 4. The van der Waals surface area contributed by atoms with Crippen LogP contribution in [0.2, 0.25) is 18.6 Å². The molecule has 0 bridgehead atoms. The Labute approximate surface area is 209 Å². The number of methoxy groups -OCH3 is 1. The predicted octanol–water partition coefficient (Wildman–Crippen LogP) is 8.34. The first-order valence-corrected chi connectivity index (χ1v) is 16.9. The van der Waals surface area contributed by atoms with Crippen LogP contribution in [0.25, 0.3) is 5.57 Å². The second-order valence-electron chi connectivity index (χ2n) is 13.6. The van der Waals surface area contributed by atoms with Gasteiger partial charge in [0.05, 0.1) is 7.11 Å². The molecule has 5 rings (SSSR count). The molecule has 2 fully saturated rings. The molecule has 34 heavy (non-hydrogen) atoms. The Balaban J connectivity index is 1.51. The third kappa shape index (κ3) is 3.77. The first kappa shape index (κ1) is 24.4. The highest BCUT2D eigenvalue weighted by Crippen LogP contribution is 2.59. The zero-order valence-corrected chi connectivity index (χ0v) is 24.0. The van der Waals surface area contributed by atoms with Gasteiger partial charge in [0.25, 0.3) is 0 Å². The van der Waals surface area contributed by atoms with Crippen LogP contribution in [0.15, 0.2) is 35.9 Å². The molecule has 3 atom stereocenters. The van der Waals surface area contributed by atoms with E-state index in [2.05, 4.69) is 82.6 Å². The van der Waals surface area contributed by atoms with Gasteiger partial charge in [-0.25, -0.2) is 0 Å². The van der Waals surface area contributed by atoms with Crippen molar-refractivity contribution >= 4 is 13.8 Å². The molecule has 0 spiro atoms. The summed E-state index contributed by atoms with van der Waals surface area (Å²) in [6.07, 6.45) is 15.3. The lowest BCUT2D eigenvalue weighted by Crippen LogP contribution is -2.64. The summed E-state index contributed by atoms with van der Waals surface area (Å²) >= 11 is 0. The lowest BCUT2D eigenvalue weighted by molar-refractivity contribution is 0.140. The van der Waals surface area contributed by atoms with Crippen LogP contribution in [0.5, 0.6) is 5.75 Å². The first-order chi connectivity index (χ1) is 16.0. The summed E-state index contributed by atoms with van der Waals surface area (Å²) in [5, 5.41) is 0. The van der Waals surface area contributed by atoms with Gasteiger partial charge in [0.1, 0.15) is 14.0 Å². The van der Waals surface area contributed by atoms with Gasteiger partial charge in [-0.15, -0.1) is 0 Å². The molecule has 0 heterocycles. The third-order valence-electron chi connectivity index (χ3n) is 9.85. The van der Waals surface area contributed by atoms with E-state index in [1.807, 2.05) is 0 Å². The fraction of sp³-hybridized carbons (Fsp3) is 0.677. The summed E-state index contributed by atoms with van der Waals surface area (Å²) in [6.45, 7) is 17.8. The van der Waals surface area contributed by atoms with E-state index < -0.39 is 8.24 Å². The van der Waals surface area contributed by atoms with Crippen molar-refractivity contribution in [3.63, 3.8) is 0 Å². The van der Waals surface area contributed by atoms with Crippen LogP contribution in [-0.4, -0.2) is 31.5 Å². The lowest BCUT2D eigenvalue weighted by atomic mass is 9.76. The van der Waals surface area contributed by atoms with Crippen molar-refractivity contribution in [2.45, 2.75) is 115 Å². The van der Waals surface area contributed by atoms with E-state index in [4.69, 9.17) is 4.74 Å². The van der Waals surface area contributed by atoms with Gasteiger partial charge in [0.15, 0.2) is 0 Å². The number of ether oxygens (including phenoxy) is 1. The molecule has 4 aliphatic rings. The number of hydrogen-bond acceptors (Lipinski definition) is 2. The smallest absolute Gasteiger partial charge is 0.126 e. The molecule has 2 saturated carbocycles. The Bertz CT molecular complexity index is 1000. The van der Waals surface area contributed by atoms with E-state index in [9.17, 15) is 0 Å². The number of benzene rings is 1. The van der Waals surface area contributed by atoms with E-state index in [1.165, 1.54) is 61.6 Å². The van der Waals surface area contributed by atoms with Crippen LogP contribution < -0.4 is 4.74 Å². The molecule has 2 nitrogen and oxygen atoms in total. The van der Waals surface area contributed by atoms with Gasteiger partial charge in [-0.1, -0.05) is 70.8 Å². The average Bonchev–Trinajstić information content (AvgIpc) is 3.29. The van der Waals surface area contributed by atoms with Gasteiger partial charge in [0.2, 0.25) is 0 Å². The predicted molar refractivity (Wildman–Crippen MR) is 148 cm³/mol. The maximum Gasteiger partial charge on any atom is 0.126 e. The van der Waals surface area contributed by atoms with Crippen molar-refractivity contribution in [1.82, 2.24) is 4.57 Å². The van der Waals surface area contributed by atoms with E-state index in [1.54, 1.807) is 12.7 Å². The van der Waals surface area contributed by atoms with E-state index >= 15 is 0 Å². The van der Waals surface area contributed by atoms with Crippen LogP contribution in [0.3, 0.4) is 0 Å². The second-order valence-corrected chi connectivity index (χ2v) is 18.1. The summed E-state index contributed by atoms with van der Waals surface area (Å²) in [6, 6.07) is 7.52. The van der Waals surface area contributed by atoms with Gasteiger partial charge >= 0.3 is 0 Å². The van der Waals surface area contributed by atoms with E-state index in [0.29, 0.717) is 11.8 Å². The average molecular weight is 478 g/mol. The van der Waals surface area contributed by atoms with Crippen LogP contribution in [0.1, 0.15) is 90.7 Å². The lowest BCUT2D eigenvalue weighted by Gasteiger charge is -2.55. The molecule has 186 valence electrons. The van der Waals surface area contributed by atoms with Crippen molar-refractivity contribution in [3.8, 4) is 5.75 Å². The summed E-state index contributed by atoms with van der Waals surface area (Å²) in [4.78, 5) is 0. The number of rotatable bonds is 4. The summed E-state index contributed by atoms with van der Waals surface area (Å²) in [5.74, 6) is 2.38. The third-order valence-corrected chi connectivity index (χ3v) is 14.6. The van der Waals surface area contributed by atoms with Crippen LogP contribution >= 0.6 is 0 Å². The maximum atomic E-state index is 5.60. The Hall–Kier alpha value is -1.32. The minimum atomic E-state index is -1.68. The number of nitrogens with zero attached hydrogens (tertiary/aromatic N) is 1.